The monoisotopic (exact) mass is 185 g/mol. The van der Waals surface area contributed by atoms with Crippen LogP contribution < -0.4 is 0 Å². The lowest BCUT2D eigenvalue weighted by Crippen LogP contribution is -2.41. The van der Waals surface area contributed by atoms with Crippen LogP contribution in [0.5, 0.6) is 0 Å². The van der Waals surface area contributed by atoms with Crippen LogP contribution in [0, 0.1) is 0 Å². The van der Waals surface area contributed by atoms with Crippen molar-refractivity contribution >= 4 is 10.2 Å². The number of unbranched alkanes of at least 4 members (excludes halogenated alkanes) is 4. The van der Waals surface area contributed by atoms with Crippen molar-refractivity contribution in [2.45, 2.75) is 39.0 Å². The van der Waals surface area contributed by atoms with Crippen molar-refractivity contribution in [2.24, 2.45) is 0 Å². The smallest absolute Gasteiger partial charge is 0.107 e. The van der Waals surface area contributed by atoms with Crippen LogP contribution in [0.15, 0.2) is 0 Å². The summed E-state index contributed by atoms with van der Waals surface area (Å²) >= 11 is 0. The van der Waals surface area contributed by atoms with Crippen molar-refractivity contribution in [3.8, 4) is 0 Å². The lowest BCUT2D eigenvalue weighted by atomic mass is 10.1. The van der Waals surface area contributed by atoms with Crippen LogP contribution in [-0.2, 0) is 0 Å². The molecule has 0 aromatic rings. The number of rotatable bonds is 7. The normalized spacial score (nSPS) is 12.0. The van der Waals surface area contributed by atoms with Crippen molar-refractivity contribution < 1.29 is 4.48 Å². The highest BCUT2D eigenvalue weighted by Crippen LogP contribution is 2.05. The molecule has 0 amide bonds. The first-order valence-electron chi connectivity index (χ1n) is 5.09. The molecule has 0 aliphatic rings. The molecule has 0 rings (SSSR count). The number of hydrogen-bond acceptors (Lipinski definition) is 0. The Kier molecular flexibility index (Phi) is 6.77. The summed E-state index contributed by atoms with van der Waals surface area (Å²) in [6.07, 6.45) is 8.00. The van der Waals surface area contributed by atoms with Gasteiger partial charge in [0.25, 0.3) is 0 Å². The molecule has 0 aromatic carbocycles. The predicted octanol–water partition coefficient (Wildman–Crippen LogP) is 2.16. The molecule has 0 aliphatic carbocycles. The molecule has 0 N–H and O–H groups in total. The highest BCUT2D eigenvalue weighted by Gasteiger charge is 2.09. The molecule has 0 unspecified atom stereocenters. The fourth-order valence-corrected chi connectivity index (χ4v) is 1.38. The van der Waals surface area contributed by atoms with E-state index in [-0.39, 0.29) is 0 Å². The molecular weight excluding hydrogens is 162 g/mol. The van der Waals surface area contributed by atoms with Crippen LogP contribution in [0.3, 0.4) is 0 Å². The summed E-state index contributed by atoms with van der Waals surface area (Å²) in [4.78, 5) is 0. The average molecular weight is 185 g/mol. The molecule has 0 heterocycles. The number of hydrogen-bond donors (Lipinski definition) is 0. The molecule has 0 bridgehead atoms. The van der Waals surface area contributed by atoms with Crippen molar-refractivity contribution in [1.82, 2.24) is 0 Å². The molecule has 0 saturated heterocycles. The fraction of sp³-hybridized carbons (Fsp3) is 1.00. The fourth-order valence-electron chi connectivity index (χ4n) is 1.22. The van der Waals surface area contributed by atoms with Crippen LogP contribution in [0.25, 0.3) is 0 Å². The van der Waals surface area contributed by atoms with Crippen LogP contribution in [0.4, 0.5) is 0 Å². The van der Waals surface area contributed by atoms with Gasteiger partial charge in [-0.15, -0.1) is 0 Å². The Hall–Kier alpha value is 0.177. The summed E-state index contributed by atoms with van der Waals surface area (Å²) in [6, 6.07) is 0. The van der Waals surface area contributed by atoms with Crippen molar-refractivity contribution in [1.29, 1.82) is 0 Å². The maximum Gasteiger partial charge on any atom is 0.107 e. The van der Waals surface area contributed by atoms with Crippen molar-refractivity contribution in [2.75, 3.05) is 26.8 Å². The van der Waals surface area contributed by atoms with Gasteiger partial charge in [0.2, 0.25) is 0 Å². The van der Waals surface area contributed by atoms with E-state index in [1.807, 2.05) is 0 Å². The van der Waals surface area contributed by atoms with Gasteiger partial charge in [0, 0.05) is 0 Å². The van der Waals surface area contributed by atoms with E-state index in [1.165, 1.54) is 38.6 Å². The van der Waals surface area contributed by atoms with Crippen LogP contribution in [-0.4, -0.2) is 41.5 Å². The lowest BCUT2D eigenvalue weighted by Gasteiger charge is -2.28. The minimum atomic E-state index is 1.06. The van der Waals surface area contributed by atoms with Gasteiger partial charge in [-0.1, -0.05) is 26.2 Å². The zero-order valence-corrected chi connectivity index (χ0v) is 9.90. The first-order valence-corrected chi connectivity index (χ1v) is 5.79. The van der Waals surface area contributed by atoms with Crippen LogP contribution >= 0.6 is 0 Å². The summed E-state index contributed by atoms with van der Waals surface area (Å²) < 4.78 is 1.10. The molecule has 12 heavy (non-hydrogen) atoms. The molecule has 2 heteroatoms. The Bertz CT molecular complexity index is 102. The standard InChI is InChI=1S/C10H23NSi/c1-4-5-6-7-8-9-11(2,3)10-12/h4-10H2,1-3H3/q+1. The van der Waals surface area contributed by atoms with Crippen molar-refractivity contribution in [3.63, 3.8) is 0 Å². The van der Waals surface area contributed by atoms with E-state index in [4.69, 9.17) is 0 Å². The highest BCUT2D eigenvalue weighted by molar-refractivity contribution is 6.08. The molecule has 3 radical (unpaired) electrons. The molecule has 0 saturated carbocycles. The minimum absolute atomic E-state index is 1.06. The second-order valence-electron chi connectivity index (χ2n) is 4.23. The summed E-state index contributed by atoms with van der Waals surface area (Å²) in [6.45, 7) is 3.56. The van der Waals surface area contributed by atoms with Gasteiger partial charge in [-0.25, -0.2) is 0 Å². The van der Waals surface area contributed by atoms with Gasteiger partial charge in [0.05, 0.1) is 26.8 Å². The van der Waals surface area contributed by atoms with Gasteiger partial charge in [-0.3, -0.25) is 0 Å². The van der Waals surface area contributed by atoms with E-state index in [0.717, 1.165) is 10.7 Å². The lowest BCUT2D eigenvalue weighted by molar-refractivity contribution is -0.879. The Labute approximate surface area is 81.2 Å². The Morgan fingerprint density at radius 3 is 2.08 bits per heavy atom. The molecule has 1 nitrogen and oxygen atoms in total. The molecule has 71 valence electrons. The average Bonchev–Trinajstić information content (AvgIpc) is 2.04. The predicted molar refractivity (Wildman–Crippen MR) is 56.4 cm³/mol. The first kappa shape index (κ1) is 12.2. The third kappa shape index (κ3) is 6.86. The van der Waals surface area contributed by atoms with E-state index >= 15 is 0 Å². The molecule has 0 fully saturated rings. The van der Waals surface area contributed by atoms with Gasteiger partial charge >= 0.3 is 0 Å². The third-order valence-corrected chi connectivity index (χ3v) is 3.15. The maximum absolute atomic E-state index is 3.57. The van der Waals surface area contributed by atoms with Gasteiger partial charge < -0.3 is 4.48 Å². The van der Waals surface area contributed by atoms with E-state index in [1.54, 1.807) is 0 Å². The highest BCUT2D eigenvalue weighted by atomic mass is 28.1. The summed E-state index contributed by atoms with van der Waals surface area (Å²) in [5, 5.41) is 0. The number of nitrogens with zero attached hydrogens (tertiary/aromatic N) is 1. The first-order chi connectivity index (χ1) is 5.62. The molecule has 0 atom stereocenters. The zero-order valence-electron chi connectivity index (χ0n) is 8.90. The third-order valence-electron chi connectivity index (χ3n) is 2.30. The van der Waals surface area contributed by atoms with E-state index in [0.29, 0.717) is 0 Å². The maximum atomic E-state index is 3.57. The summed E-state index contributed by atoms with van der Waals surface area (Å²) in [5.41, 5.74) is 0. The topological polar surface area (TPSA) is 0 Å². The van der Waals surface area contributed by atoms with E-state index in [9.17, 15) is 0 Å². The second kappa shape index (κ2) is 6.67. The Morgan fingerprint density at radius 1 is 1.00 bits per heavy atom. The summed E-state index contributed by atoms with van der Waals surface area (Å²) in [7, 11) is 8.11. The van der Waals surface area contributed by atoms with Crippen LogP contribution in [0.2, 0.25) is 0 Å². The van der Waals surface area contributed by atoms with Gasteiger partial charge in [-0.2, -0.15) is 0 Å². The largest absolute Gasteiger partial charge is 0.333 e. The molecule has 0 aliphatic heterocycles. The van der Waals surface area contributed by atoms with Crippen molar-refractivity contribution in [3.05, 3.63) is 0 Å². The minimum Gasteiger partial charge on any atom is -0.333 e. The zero-order chi connectivity index (χ0) is 9.45. The van der Waals surface area contributed by atoms with E-state index in [2.05, 4.69) is 31.3 Å². The Balaban J connectivity index is 3.19. The SMILES string of the molecule is CCCCCCC[N+](C)(C)C[Si]. The second-order valence-corrected chi connectivity index (χ2v) is 4.55. The number of quaternary nitrogens is 1. The molecule has 0 spiro atoms. The molecule has 0 aromatic heterocycles. The van der Waals surface area contributed by atoms with E-state index < -0.39 is 0 Å². The van der Waals surface area contributed by atoms with Gasteiger partial charge in [0.1, 0.15) is 10.2 Å². The summed E-state index contributed by atoms with van der Waals surface area (Å²) in [5.74, 6) is 0. The van der Waals surface area contributed by atoms with Gasteiger partial charge in [-0.05, 0) is 12.8 Å². The quantitative estimate of drug-likeness (QED) is 0.324. The molecular formula is C10H23NSi+. The Morgan fingerprint density at radius 2 is 1.58 bits per heavy atom. The van der Waals surface area contributed by atoms with Gasteiger partial charge in [0.15, 0.2) is 0 Å². The van der Waals surface area contributed by atoms with Crippen LogP contribution in [0.1, 0.15) is 39.0 Å².